The lowest BCUT2D eigenvalue weighted by atomic mass is 10.1. The summed E-state index contributed by atoms with van der Waals surface area (Å²) < 4.78 is 0. The lowest BCUT2D eigenvalue weighted by molar-refractivity contribution is -0.144. The number of hydrogen-bond acceptors (Lipinski definition) is 9. The Morgan fingerprint density at radius 1 is 0.788 bits per heavy atom. The summed E-state index contributed by atoms with van der Waals surface area (Å²) >= 11 is 0. The van der Waals surface area contributed by atoms with Gasteiger partial charge in [0, 0.05) is 13.0 Å². The third-order valence-electron chi connectivity index (χ3n) is 4.19. The molecule has 3 amide bonds. The van der Waals surface area contributed by atoms with Crippen LogP contribution in [0.3, 0.4) is 0 Å². The number of guanidine groups is 1. The zero-order valence-corrected chi connectivity index (χ0v) is 17.8. The third-order valence-corrected chi connectivity index (χ3v) is 4.19. The summed E-state index contributed by atoms with van der Waals surface area (Å²) in [6.07, 6.45) is -0.766. The molecule has 16 heteroatoms. The predicted octanol–water partition coefficient (Wildman–Crippen LogP) is -5.24. The summed E-state index contributed by atoms with van der Waals surface area (Å²) in [7, 11) is 0. The Labute approximate surface area is 188 Å². The van der Waals surface area contributed by atoms with E-state index in [0.717, 1.165) is 0 Å². The molecule has 0 saturated carbocycles. The fourth-order valence-corrected chi connectivity index (χ4v) is 2.40. The minimum Gasteiger partial charge on any atom is -0.481 e. The summed E-state index contributed by atoms with van der Waals surface area (Å²) in [5.74, 6) is -5.84. The molecule has 0 bridgehead atoms. The minimum atomic E-state index is -1.68. The van der Waals surface area contributed by atoms with E-state index in [4.69, 9.17) is 37.6 Å². The van der Waals surface area contributed by atoms with Crippen LogP contribution >= 0.6 is 0 Å². The molecule has 0 aliphatic carbocycles. The number of carboxylic acids is 2. The first kappa shape index (κ1) is 29.5. The Bertz CT molecular complexity index is 728. The second kappa shape index (κ2) is 15.3. The van der Waals surface area contributed by atoms with Gasteiger partial charge in [-0.1, -0.05) is 0 Å². The molecule has 4 atom stereocenters. The number of aliphatic hydroxyl groups excluding tert-OH is 2. The lowest BCUT2D eigenvalue weighted by Gasteiger charge is -2.24. The largest absolute Gasteiger partial charge is 0.481 e. The second-order valence-corrected chi connectivity index (χ2v) is 6.87. The van der Waals surface area contributed by atoms with Crippen LogP contribution in [0, 0.1) is 0 Å². The molecule has 0 aliphatic rings. The van der Waals surface area contributed by atoms with Crippen molar-refractivity contribution in [1.82, 2.24) is 16.0 Å². The van der Waals surface area contributed by atoms with Gasteiger partial charge in [-0.05, 0) is 19.3 Å². The van der Waals surface area contributed by atoms with Crippen LogP contribution in [0.5, 0.6) is 0 Å². The van der Waals surface area contributed by atoms with Crippen molar-refractivity contribution in [2.75, 3.05) is 19.8 Å². The van der Waals surface area contributed by atoms with Crippen molar-refractivity contribution in [1.29, 1.82) is 0 Å². The predicted molar refractivity (Wildman–Crippen MR) is 112 cm³/mol. The van der Waals surface area contributed by atoms with Gasteiger partial charge in [-0.25, -0.2) is 4.79 Å². The number of rotatable bonds is 16. The van der Waals surface area contributed by atoms with E-state index in [2.05, 4.69) is 15.6 Å². The maximum absolute atomic E-state index is 12.8. The van der Waals surface area contributed by atoms with Gasteiger partial charge in [0.2, 0.25) is 17.7 Å². The highest BCUT2D eigenvalue weighted by Gasteiger charge is 2.30. The van der Waals surface area contributed by atoms with Crippen molar-refractivity contribution in [2.24, 2.45) is 22.2 Å². The normalized spacial score (nSPS) is 14.2. The molecule has 0 spiro atoms. The van der Waals surface area contributed by atoms with E-state index in [-0.39, 0.29) is 25.3 Å². The van der Waals surface area contributed by atoms with Crippen LogP contribution in [0.2, 0.25) is 0 Å². The van der Waals surface area contributed by atoms with Crippen molar-refractivity contribution in [3.05, 3.63) is 0 Å². The Balaban J connectivity index is 5.50. The number of aliphatic carboxylic acids is 2. The molecule has 0 heterocycles. The number of carbonyl (C=O) groups is 5. The van der Waals surface area contributed by atoms with Gasteiger partial charge < -0.3 is 53.6 Å². The van der Waals surface area contributed by atoms with Gasteiger partial charge in [-0.3, -0.25) is 24.2 Å². The van der Waals surface area contributed by atoms with Gasteiger partial charge in [0.15, 0.2) is 5.96 Å². The molecule has 0 aliphatic heterocycles. The van der Waals surface area contributed by atoms with Crippen LogP contribution < -0.4 is 33.2 Å². The molecular weight excluding hydrogens is 446 g/mol. The van der Waals surface area contributed by atoms with E-state index in [1.165, 1.54) is 0 Å². The quantitative estimate of drug-likeness (QED) is 0.0566. The number of aliphatic hydroxyl groups is 2. The maximum Gasteiger partial charge on any atom is 0.328 e. The smallest absolute Gasteiger partial charge is 0.328 e. The van der Waals surface area contributed by atoms with Crippen LogP contribution in [0.15, 0.2) is 4.99 Å². The monoisotopic (exact) mass is 477 g/mol. The van der Waals surface area contributed by atoms with E-state index in [1.54, 1.807) is 0 Å². The summed E-state index contributed by atoms with van der Waals surface area (Å²) in [5, 5.41) is 42.5. The minimum absolute atomic E-state index is 0.0197. The number of nitrogens with one attached hydrogen (secondary N) is 3. The molecule has 16 nitrogen and oxygen atoms in total. The molecule has 0 rings (SSSR count). The average Bonchev–Trinajstić information content (AvgIpc) is 2.75. The SMILES string of the molecule is NC(N)=NCCCC(NC(=O)C(N)CO)C(=O)NC(CCC(=O)O)C(=O)NC(CO)C(=O)O. The molecule has 188 valence electrons. The molecule has 4 unspecified atom stereocenters. The summed E-state index contributed by atoms with van der Waals surface area (Å²) in [6.45, 7) is -1.54. The van der Waals surface area contributed by atoms with Gasteiger partial charge in [-0.15, -0.1) is 0 Å². The zero-order valence-electron chi connectivity index (χ0n) is 17.8. The van der Waals surface area contributed by atoms with Gasteiger partial charge in [0.1, 0.15) is 24.2 Å². The Morgan fingerprint density at radius 3 is 1.76 bits per heavy atom. The number of carbonyl (C=O) groups excluding carboxylic acids is 3. The van der Waals surface area contributed by atoms with E-state index in [9.17, 15) is 24.0 Å². The van der Waals surface area contributed by atoms with E-state index < -0.39 is 79.9 Å². The molecule has 33 heavy (non-hydrogen) atoms. The van der Waals surface area contributed by atoms with Gasteiger partial charge in [0.05, 0.1) is 13.2 Å². The van der Waals surface area contributed by atoms with Crippen molar-refractivity contribution >= 4 is 35.6 Å². The molecular formula is C17H31N7O9. The number of aliphatic imine (C=N–C) groups is 1. The average molecular weight is 477 g/mol. The molecule has 0 saturated heterocycles. The molecule has 13 N–H and O–H groups in total. The number of amides is 3. The van der Waals surface area contributed by atoms with Crippen molar-refractivity contribution in [3.63, 3.8) is 0 Å². The highest BCUT2D eigenvalue weighted by molar-refractivity contribution is 5.94. The van der Waals surface area contributed by atoms with Crippen LogP contribution in [-0.4, -0.2) is 100.0 Å². The summed E-state index contributed by atoms with van der Waals surface area (Å²) in [6, 6.07) is -5.77. The fourth-order valence-electron chi connectivity index (χ4n) is 2.40. The van der Waals surface area contributed by atoms with Gasteiger partial charge in [-0.2, -0.15) is 0 Å². The van der Waals surface area contributed by atoms with Crippen LogP contribution in [0.4, 0.5) is 0 Å². The van der Waals surface area contributed by atoms with Crippen LogP contribution in [-0.2, 0) is 24.0 Å². The highest BCUT2D eigenvalue weighted by Crippen LogP contribution is 2.04. The van der Waals surface area contributed by atoms with E-state index in [1.807, 2.05) is 5.32 Å². The number of nitrogens with zero attached hydrogens (tertiary/aromatic N) is 1. The first-order chi connectivity index (χ1) is 15.4. The van der Waals surface area contributed by atoms with Gasteiger partial charge >= 0.3 is 11.9 Å². The number of hydrogen-bond donors (Lipinski definition) is 10. The topological polar surface area (TPSA) is 293 Å². The maximum atomic E-state index is 12.8. The first-order valence-corrected chi connectivity index (χ1v) is 9.81. The number of nitrogens with two attached hydrogens (primary N) is 3. The third kappa shape index (κ3) is 12.2. The first-order valence-electron chi connectivity index (χ1n) is 9.81. The zero-order chi connectivity index (χ0) is 25.6. The van der Waals surface area contributed by atoms with E-state index in [0.29, 0.717) is 0 Å². The number of carboxylic acid groups (broad SMARTS) is 2. The molecule has 0 aromatic carbocycles. The van der Waals surface area contributed by atoms with Crippen LogP contribution in [0.25, 0.3) is 0 Å². The second-order valence-electron chi connectivity index (χ2n) is 6.87. The van der Waals surface area contributed by atoms with E-state index >= 15 is 0 Å². The molecule has 0 radical (unpaired) electrons. The Hall–Kier alpha value is -3.50. The van der Waals surface area contributed by atoms with Crippen molar-refractivity contribution < 1.29 is 44.4 Å². The molecule has 0 aromatic rings. The highest BCUT2D eigenvalue weighted by atomic mass is 16.4. The Morgan fingerprint density at radius 2 is 1.30 bits per heavy atom. The standard InChI is InChI=1S/C17H31N7O9/c18-8(6-25)13(29)22-9(2-1-5-21-17(19)20)14(30)23-10(3-4-12(27)28)15(31)24-11(7-26)16(32)33/h8-11,25-26H,1-7,18H2,(H,22,29)(H,23,30)(H,24,31)(H,27,28)(H,32,33)(H4,19,20,21). The van der Waals surface area contributed by atoms with Crippen LogP contribution in [0.1, 0.15) is 25.7 Å². The summed E-state index contributed by atoms with van der Waals surface area (Å²) in [5.41, 5.74) is 15.9. The molecule has 0 aromatic heterocycles. The lowest BCUT2D eigenvalue weighted by Crippen LogP contribution is -2.57. The van der Waals surface area contributed by atoms with Crippen molar-refractivity contribution in [3.8, 4) is 0 Å². The fraction of sp³-hybridized carbons (Fsp3) is 0.647. The molecule has 0 fully saturated rings. The summed E-state index contributed by atoms with van der Waals surface area (Å²) in [4.78, 5) is 62.9. The van der Waals surface area contributed by atoms with Crippen molar-refractivity contribution in [2.45, 2.75) is 49.9 Å². The Kier molecular flexibility index (Phi) is 13.7. The van der Waals surface area contributed by atoms with Gasteiger partial charge in [0.25, 0.3) is 0 Å².